The van der Waals surface area contributed by atoms with E-state index in [9.17, 15) is 9.59 Å². The van der Waals surface area contributed by atoms with Gasteiger partial charge in [-0.1, -0.05) is 18.2 Å². The van der Waals surface area contributed by atoms with E-state index in [1.807, 2.05) is 12.1 Å². The van der Waals surface area contributed by atoms with Crippen LogP contribution in [0.15, 0.2) is 24.3 Å². The first-order valence-corrected chi connectivity index (χ1v) is 5.38. The lowest BCUT2D eigenvalue weighted by Crippen LogP contribution is -2.38. The molecule has 1 rings (SSSR count). The summed E-state index contributed by atoms with van der Waals surface area (Å²) in [5.41, 5.74) is 6.76. The summed E-state index contributed by atoms with van der Waals surface area (Å²) in [6.07, 6.45) is 0.588. The third-order valence-electron chi connectivity index (χ3n) is 2.39. The summed E-state index contributed by atoms with van der Waals surface area (Å²) < 4.78 is 0. The zero-order valence-electron chi connectivity index (χ0n) is 9.64. The molecule has 0 fully saturated rings. The van der Waals surface area contributed by atoms with Crippen LogP contribution < -0.4 is 11.1 Å². The minimum absolute atomic E-state index is 0.385. The number of rotatable bonds is 5. The van der Waals surface area contributed by atoms with Crippen molar-refractivity contribution >= 4 is 11.9 Å². The van der Waals surface area contributed by atoms with Crippen molar-refractivity contribution in [2.75, 3.05) is 6.54 Å². The molecule has 1 aromatic carbocycles. The van der Waals surface area contributed by atoms with Crippen molar-refractivity contribution in [1.82, 2.24) is 5.32 Å². The number of carboxylic acids is 1. The van der Waals surface area contributed by atoms with E-state index in [1.54, 1.807) is 12.1 Å². The summed E-state index contributed by atoms with van der Waals surface area (Å²) in [4.78, 5) is 22.5. The summed E-state index contributed by atoms with van der Waals surface area (Å²) in [7, 11) is 0. The lowest BCUT2D eigenvalue weighted by atomic mass is 10.0. The minimum atomic E-state index is -1.06. The minimum Gasteiger partial charge on any atom is -0.480 e. The van der Waals surface area contributed by atoms with E-state index in [4.69, 9.17) is 10.8 Å². The Bertz CT molecular complexity index is 418. The molecule has 0 aliphatic carbocycles. The van der Waals surface area contributed by atoms with Crippen LogP contribution in [0.5, 0.6) is 0 Å². The van der Waals surface area contributed by atoms with Crippen molar-refractivity contribution in [1.29, 1.82) is 0 Å². The number of hydrogen-bond donors (Lipinski definition) is 3. The van der Waals surface area contributed by atoms with Gasteiger partial charge in [0.2, 0.25) is 0 Å². The van der Waals surface area contributed by atoms with E-state index < -0.39 is 12.0 Å². The maximum absolute atomic E-state index is 11.8. The van der Waals surface area contributed by atoms with Crippen LogP contribution in [-0.2, 0) is 11.2 Å². The number of nitrogens with one attached hydrogen (secondary N) is 1. The van der Waals surface area contributed by atoms with Crippen molar-refractivity contribution in [3.63, 3.8) is 0 Å². The van der Waals surface area contributed by atoms with E-state index in [1.165, 1.54) is 6.92 Å². The van der Waals surface area contributed by atoms with Crippen LogP contribution in [0.25, 0.3) is 0 Å². The molecular formula is C12H16N2O3. The second-order valence-corrected chi connectivity index (χ2v) is 3.73. The highest BCUT2D eigenvalue weighted by Gasteiger charge is 2.16. The molecule has 0 aliphatic heterocycles. The van der Waals surface area contributed by atoms with E-state index in [-0.39, 0.29) is 5.91 Å². The summed E-state index contributed by atoms with van der Waals surface area (Å²) in [6, 6.07) is 6.12. The molecule has 0 spiro atoms. The monoisotopic (exact) mass is 236 g/mol. The fourth-order valence-electron chi connectivity index (χ4n) is 1.45. The van der Waals surface area contributed by atoms with Crippen molar-refractivity contribution in [2.24, 2.45) is 5.73 Å². The SMILES string of the molecule is C[C@H](NC(=O)c1ccccc1CCN)C(=O)O. The molecule has 1 amide bonds. The molecule has 0 radical (unpaired) electrons. The average Bonchev–Trinajstić information content (AvgIpc) is 2.29. The van der Waals surface area contributed by atoms with Gasteiger partial charge in [0.15, 0.2) is 0 Å². The highest BCUT2D eigenvalue weighted by Crippen LogP contribution is 2.09. The predicted octanol–water partition coefficient (Wildman–Crippen LogP) is 0.391. The highest BCUT2D eigenvalue weighted by molar-refractivity contribution is 5.97. The molecule has 0 saturated heterocycles. The Morgan fingerprint density at radius 3 is 2.65 bits per heavy atom. The Morgan fingerprint density at radius 1 is 1.41 bits per heavy atom. The maximum Gasteiger partial charge on any atom is 0.325 e. The van der Waals surface area contributed by atoms with Gasteiger partial charge in [0.1, 0.15) is 6.04 Å². The van der Waals surface area contributed by atoms with E-state index >= 15 is 0 Å². The van der Waals surface area contributed by atoms with Gasteiger partial charge in [-0.2, -0.15) is 0 Å². The summed E-state index contributed by atoms with van der Waals surface area (Å²) in [5, 5.41) is 11.1. The van der Waals surface area contributed by atoms with Crippen molar-refractivity contribution in [3.05, 3.63) is 35.4 Å². The molecule has 1 atom stereocenters. The van der Waals surface area contributed by atoms with Gasteiger partial charge in [-0.15, -0.1) is 0 Å². The lowest BCUT2D eigenvalue weighted by Gasteiger charge is -2.12. The van der Waals surface area contributed by atoms with Crippen LogP contribution in [0.1, 0.15) is 22.8 Å². The van der Waals surface area contributed by atoms with Gasteiger partial charge in [0.25, 0.3) is 5.91 Å². The second kappa shape index (κ2) is 6.00. The van der Waals surface area contributed by atoms with E-state index in [0.29, 0.717) is 18.5 Å². The third-order valence-corrected chi connectivity index (χ3v) is 2.39. The third kappa shape index (κ3) is 3.57. The number of amides is 1. The number of nitrogens with two attached hydrogens (primary N) is 1. The molecule has 0 aromatic heterocycles. The quantitative estimate of drug-likeness (QED) is 0.689. The van der Waals surface area contributed by atoms with Crippen LogP contribution >= 0.6 is 0 Å². The standard InChI is InChI=1S/C12H16N2O3/c1-8(12(16)17)14-11(15)10-5-3-2-4-9(10)6-7-13/h2-5,8H,6-7,13H2,1H3,(H,14,15)(H,16,17)/t8-/m0/s1. The molecule has 0 heterocycles. The maximum atomic E-state index is 11.8. The van der Waals surface area contributed by atoms with Gasteiger partial charge < -0.3 is 16.2 Å². The average molecular weight is 236 g/mol. The molecule has 5 nitrogen and oxygen atoms in total. The topological polar surface area (TPSA) is 92.4 Å². The first-order valence-electron chi connectivity index (χ1n) is 5.38. The fraction of sp³-hybridized carbons (Fsp3) is 0.333. The molecule has 0 aliphatic rings. The van der Waals surface area contributed by atoms with Gasteiger partial charge in [-0.3, -0.25) is 9.59 Å². The first-order chi connectivity index (χ1) is 8.06. The van der Waals surface area contributed by atoms with Crippen molar-refractivity contribution in [2.45, 2.75) is 19.4 Å². The molecule has 5 heteroatoms. The molecular weight excluding hydrogens is 220 g/mol. The number of aliphatic carboxylic acids is 1. The summed E-state index contributed by atoms with van der Waals surface area (Å²) >= 11 is 0. The van der Waals surface area contributed by atoms with Crippen LogP contribution in [0.3, 0.4) is 0 Å². The number of carbonyl (C=O) groups excluding carboxylic acids is 1. The summed E-state index contributed by atoms with van der Waals surface area (Å²) in [5.74, 6) is -1.45. The highest BCUT2D eigenvalue weighted by atomic mass is 16.4. The van der Waals surface area contributed by atoms with Gasteiger partial charge in [-0.25, -0.2) is 0 Å². The molecule has 4 N–H and O–H groups in total. The van der Waals surface area contributed by atoms with Crippen LogP contribution in [0.2, 0.25) is 0 Å². The number of carboxylic acid groups (broad SMARTS) is 1. The second-order valence-electron chi connectivity index (χ2n) is 3.73. The van der Waals surface area contributed by atoms with E-state index in [0.717, 1.165) is 5.56 Å². The fourth-order valence-corrected chi connectivity index (χ4v) is 1.45. The van der Waals surface area contributed by atoms with Crippen LogP contribution in [0, 0.1) is 0 Å². The lowest BCUT2D eigenvalue weighted by molar-refractivity contribution is -0.138. The smallest absolute Gasteiger partial charge is 0.325 e. The van der Waals surface area contributed by atoms with E-state index in [2.05, 4.69) is 5.32 Å². The van der Waals surface area contributed by atoms with Gasteiger partial charge in [0, 0.05) is 5.56 Å². The largest absolute Gasteiger partial charge is 0.480 e. The van der Waals surface area contributed by atoms with Gasteiger partial charge in [0.05, 0.1) is 0 Å². The Morgan fingerprint density at radius 2 is 2.06 bits per heavy atom. The van der Waals surface area contributed by atoms with Crippen LogP contribution in [-0.4, -0.2) is 29.6 Å². The van der Waals surface area contributed by atoms with Crippen LogP contribution in [0.4, 0.5) is 0 Å². The molecule has 0 unspecified atom stereocenters. The number of benzene rings is 1. The van der Waals surface area contributed by atoms with Crippen molar-refractivity contribution in [3.8, 4) is 0 Å². The zero-order valence-corrected chi connectivity index (χ0v) is 9.64. The van der Waals surface area contributed by atoms with Crippen molar-refractivity contribution < 1.29 is 14.7 Å². The molecule has 0 bridgehead atoms. The Hall–Kier alpha value is -1.88. The Labute approximate surface area is 99.6 Å². The Balaban J connectivity index is 2.84. The normalized spacial score (nSPS) is 11.9. The Kier molecular flexibility index (Phi) is 4.66. The summed E-state index contributed by atoms with van der Waals surface area (Å²) in [6.45, 7) is 1.87. The zero-order chi connectivity index (χ0) is 12.8. The van der Waals surface area contributed by atoms with Gasteiger partial charge in [-0.05, 0) is 31.5 Å². The predicted molar refractivity (Wildman–Crippen MR) is 63.8 cm³/mol. The molecule has 1 aromatic rings. The molecule has 17 heavy (non-hydrogen) atoms. The molecule has 92 valence electrons. The number of hydrogen-bond acceptors (Lipinski definition) is 3. The number of carbonyl (C=O) groups is 2. The molecule has 0 saturated carbocycles. The first kappa shape index (κ1) is 13.2. The van der Waals surface area contributed by atoms with Gasteiger partial charge >= 0.3 is 5.97 Å².